The van der Waals surface area contributed by atoms with Gasteiger partial charge in [-0.05, 0) is 19.1 Å². The summed E-state index contributed by atoms with van der Waals surface area (Å²) >= 11 is 0. The van der Waals surface area contributed by atoms with E-state index in [4.69, 9.17) is 4.74 Å². The molecule has 8 heteroatoms. The highest BCUT2D eigenvalue weighted by Crippen LogP contribution is 2.32. The van der Waals surface area contributed by atoms with Gasteiger partial charge in [0.1, 0.15) is 24.2 Å². The molecule has 0 aliphatic carbocycles. The van der Waals surface area contributed by atoms with E-state index in [0.29, 0.717) is 13.1 Å². The Bertz CT molecular complexity index is 702. The zero-order chi connectivity index (χ0) is 16.4. The number of rotatable bonds is 5. The van der Waals surface area contributed by atoms with Gasteiger partial charge in [0.2, 0.25) is 0 Å². The van der Waals surface area contributed by atoms with Gasteiger partial charge in [0, 0.05) is 6.54 Å². The second-order valence-electron chi connectivity index (χ2n) is 5.63. The number of aliphatic hydroxyl groups is 1. The summed E-state index contributed by atoms with van der Waals surface area (Å²) in [5, 5.41) is 24.9. The second kappa shape index (κ2) is 6.25. The molecule has 122 valence electrons. The Morgan fingerprint density at radius 3 is 3.00 bits per heavy atom. The molecule has 1 aromatic carbocycles. The summed E-state index contributed by atoms with van der Waals surface area (Å²) in [6, 6.07) is 7.69. The monoisotopic (exact) mass is 318 g/mol. The zero-order valence-corrected chi connectivity index (χ0v) is 12.7. The first-order chi connectivity index (χ1) is 11.0. The molecule has 1 aliphatic heterocycles. The van der Waals surface area contributed by atoms with Crippen LogP contribution in [-0.4, -0.2) is 45.1 Å². The van der Waals surface area contributed by atoms with Crippen LogP contribution in [0.25, 0.3) is 0 Å². The van der Waals surface area contributed by atoms with E-state index in [-0.39, 0.29) is 18.3 Å². The van der Waals surface area contributed by atoms with E-state index in [2.05, 4.69) is 10.00 Å². The van der Waals surface area contributed by atoms with E-state index in [1.807, 2.05) is 31.2 Å². The van der Waals surface area contributed by atoms with Gasteiger partial charge in [-0.3, -0.25) is 14.8 Å². The lowest BCUT2D eigenvalue weighted by atomic mass is 10.2. The topological polar surface area (TPSA) is 93.7 Å². The van der Waals surface area contributed by atoms with Crippen LogP contribution in [-0.2, 0) is 6.54 Å². The third-order valence-corrected chi connectivity index (χ3v) is 3.67. The quantitative estimate of drug-likeness (QED) is 0.662. The number of hydrogen-bond acceptors (Lipinski definition) is 6. The summed E-state index contributed by atoms with van der Waals surface area (Å²) < 4.78 is 7.16. The van der Waals surface area contributed by atoms with Crippen LogP contribution in [0.4, 0.5) is 11.4 Å². The highest BCUT2D eigenvalue weighted by atomic mass is 16.6. The fraction of sp³-hybridized carbons (Fsp3) is 0.400. The molecule has 2 atom stereocenters. The van der Waals surface area contributed by atoms with Gasteiger partial charge in [-0.25, -0.2) is 0 Å². The fourth-order valence-corrected chi connectivity index (χ4v) is 2.73. The number of hydrogen-bond donors (Lipinski definition) is 1. The first kappa shape index (κ1) is 15.3. The minimum absolute atomic E-state index is 0.0305. The molecule has 1 N–H and O–H groups in total. The Balaban J connectivity index is 1.67. The normalized spacial score (nSPS) is 18.2. The van der Waals surface area contributed by atoms with Crippen LogP contribution in [0.2, 0.25) is 0 Å². The standard InChI is InChI=1S/C15H18N4O4/c1-11-7-17(14-4-2-3-5-15(14)23-11)9-13(20)10-18-8-12(6-16-18)19(21)22/h2-6,8,11,13,20H,7,9-10H2,1H3/t11-,13+/m1/s1. The van der Waals surface area contributed by atoms with Crippen molar-refractivity contribution in [2.45, 2.75) is 25.7 Å². The number of β-amino-alcohol motifs (C(OH)–C–C–N with tert-alkyl or cyclic N) is 1. The lowest BCUT2D eigenvalue weighted by Gasteiger charge is -2.36. The van der Waals surface area contributed by atoms with Crippen LogP contribution in [0.15, 0.2) is 36.7 Å². The second-order valence-corrected chi connectivity index (χ2v) is 5.63. The van der Waals surface area contributed by atoms with Crippen molar-refractivity contribution >= 4 is 11.4 Å². The molecule has 0 amide bonds. The van der Waals surface area contributed by atoms with Crippen LogP contribution < -0.4 is 9.64 Å². The number of fused-ring (bicyclic) bond motifs is 1. The van der Waals surface area contributed by atoms with Gasteiger partial charge < -0.3 is 14.7 Å². The van der Waals surface area contributed by atoms with Gasteiger partial charge in [-0.2, -0.15) is 5.10 Å². The molecule has 1 aromatic heterocycles. The van der Waals surface area contributed by atoms with Crippen LogP contribution in [0.3, 0.4) is 0 Å². The Morgan fingerprint density at radius 2 is 2.26 bits per heavy atom. The van der Waals surface area contributed by atoms with E-state index < -0.39 is 11.0 Å². The van der Waals surface area contributed by atoms with E-state index >= 15 is 0 Å². The minimum atomic E-state index is -0.701. The average molecular weight is 318 g/mol. The maximum absolute atomic E-state index is 10.7. The van der Waals surface area contributed by atoms with Gasteiger partial charge in [-0.15, -0.1) is 0 Å². The Kier molecular flexibility index (Phi) is 4.16. The summed E-state index contributed by atoms with van der Waals surface area (Å²) in [7, 11) is 0. The number of benzene rings is 1. The summed E-state index contributed by atoms with van der Waals surface area (Å²) in [6.45, 7) is 3.25. The van der Waals surface area contributed by atoms with Gasteiger partial charge in [-0.1, -0.05) is 12.1 Å². The molecular weight excluding hydrogens is 300 g/mol. The molecule has 0 saturated carbocycles. The maximum atomic E-state index is 10.7. The lowest BCUT2D eigenvalue weighted by Crippen LogP contribution is -2.43. The number of aromatic nitrogens is 2. The highest BCUT2D eigenvalue weighted by Gasteiger charge is 2.24. The number of nitro groups is 1. The summed E-state index contributed by atoms with van der Waals surface area (Å²) in [6.07, 6.45) is 1.83. The van der Waals surface area contributed by atoms with Crippen molar-refractivity contribution in [1.29, 1.82) is 0 Å². The number of ether oxygens (including phenoxy) is 1. The van der Waals surface area contributed by atoms with Crippen molar-refractivity contribution < 1.29 is 14.8 Å². The smallest absolute Gasteiger partial charge is 0.306 e. The van der Waals surface area contributed by atoms with Crippen molar-refractivity contribution in [2.24, 2.45) is 0 Å². The molecule has 2 aromatic rings. The van der Waals surface area contributed by atoms with Crippen molar-refractivity contribution in [1.82, 2.24) is 9.78 Å². The average Bonchev–Trinajstić information content (AvgIpc) is 2.95. The van der Waals surface area contributed by atoms with Crippen LogP contribution in [0, 0.1) is 10.1 Å². The van der Waals surface area contributed by atoms with E-state index in [1.165, 1.54) is 17.1 Å². The number of para-hydroxylation sites is 2. The van der Waals surface area contributed by atoms with E-state index in [9.17, 15) is 15.2 Å². The largest absolute Gasteiger partial charge is 0.487 e. The fourth-order valence-electron chi connectivity index (χ4n) is 2.73. The summed E-state index contributed by atoms with van der Waals surface area (Å²) in [5.41, 5.74) is 0.860. The third-order valence-electron chi connectivity index (χ3n) is 3.67. The first-order valence-electron chi connectivity index (χ1n) is 7.38. The highest BCUT2D eigenvalue weighted by molar-refractivity contribution is 5.60. The minimum Gasteiger partial charge on any atom is -0.487 e. The molecule has 0 radical (unpaired) electrons. The number of aliphatic hydroxyl groups excluding tert-OH is 1. The molecule has 3 rings (SSSR count). The molecule has 0 bridgehead atoms. The predicted molar refractivity (Wildman–Crippen MR) is 83.6 cm³/mol. The van der Waals surface area contributed by atoms with Crippen LogP contribution in [0.1, 0.15) is 6.92 Å². The molecule has 0 fully saturated rings. The van der Waals surface area contributed by atoms with Crippen molar-refractivity contribution in [3.63, 3.8) is 0 Å². The summed E-state index contributed by atoms with van der Waals surface area (Å²) in [4.78, 5) is 12.2. The number of anilines is 1. The lowest BCUT2D eigenvalue weighted by molar-refractivity contribution is -0.385. The Hall–Kier alpha value is -2.61. The maximum Gasteiger partial charge on any atom is 0.306 e. The molecular formula is C15H18N4O4. The van der Waals surface area contributed by atoms with Gasteiger partial charge in [0.05, 0.1) is 29.8 Å². The van der Waals surface area contributed by atoms with Gasteiger partial charge in [0.15, 0.2) is 0 Å². The van der Waals surface area contributed by atoms with E-state index in [0.717, 1.165) is 11.4 Å². The predicted octanol–water partition coefficient (Wildman–Crippen LogP) is 1.44. The molecule has 23 heavy (non-hydrogen) atoms. The number of nitrogens with zero attached hydrogens (tertiary/aromatic N) is 4. The van der Waals surface area contributed by atoms with Gasteiger partial charge >= 0.3 is 5.69 Å². The Labute approximate surface area is 133 Å². The third kappa shape index (κ3) is 3.42. The van der Waals surface area contributed by atoms with Crippen molar-refractivity contribution in [3.8, 4) is 5.75 Å². The van der Waals surface area contributed by atoms with Crippen LogP contribution >= 0.6 is 0 Å². The van der Waals surface area contributed by atoms with Gasteiger partial charge in [0.25, 0.3) is 0 Å². The van der Waals surface area contributed by atoms with Crippen molar-refractivity contribution in [3.05, 3.63) is 46.8 Å². The molecule has 0 saturated heterocycles. The van der Waals surface area contributed by atoms with E-state index in [1.54, 1.807) is 0 Å². The molecule has 8 nitrogen and oxygen atoms in total. The molecule has 0 unspecified atom stereocenters. The SMILES string of the molecule is C[C@@H]1CN(C[C@H](O)Cn2cc([N+](=O)[O-])cn2)c2ccccc2O1. The first-order valence-corrected chi connectivity index (χ1v) is 7.38. The summed E-state index contributed by atoms with van der Waals surface area (Å²) in [5.74, 6) is 0.799. The molecule has 2 heterocycles. The van der Waals surface area contributed by atoms with Crippen molar-refractivity contribution in [2.75, 3.05) is 18.0 Å². The zero-order valence-electron chi connectivity index (χ0n) is 12.7. The molecule has 1 aliphatic rings. The Morgan fingerprint density at radius 1 is 1.48 bits per heavy atom. The van der Waals surface area contributed by atoms with Crippen LogP contribution in [0.5, 0.6) is 5.75 Å². The molecule has 0 spiro atoms.